The normalized spacial score (nSPS) is 36.5. The Morgan fingerprint density at radius 1 is 0.905 bits per heavy atom. The van der Waals surface area contributed by atoms with Crippen LogP contribution < -0.4 is 18.9 Å². The van der Waals surface area contributed by atoms with Crippen LogP contribution in [0, 0.1) is 17.8 Å². The van der Waals surface area contributed by atoms with Gasteiger partial charge in [0.05, 0.1) is 51.7 Å². The first-order valence-electron chi connectivity index (χ1n) is 14.1. The number of fused-ring (bicyclic) bond motifs is 4. The molecule has 2 aromatic carbocycles. The summed E-state index contributed by atoms with van der Waals surface area (Å²) in [6.07, 6.45) is -4.45. The van der Waals surface area contributed by atoms with Gasteiger partial charge in [-0.25, -0.2) is 0 Å². The van der Waals surface area contributed by atoms with E-state index in [9.17, 15) is 20.1 Å². The molecule has 0 aromatic heterocycles. The number of ether oxygens (including phenoxy) is 8. The standard InChI is InChI=1S/C30H34O12/c1-12-37-9-14-6-22(26(32)27(33)28(14)41-12)42-29-16-8-19-18(39-11-40-19)7-15(16)23(24-17(29)10-38-30(24)34)13-4-20(35-2)25(31)21(5-13)36-3/h4-5,7-8,12,14,17,22-24,26-29,31-33H,6,9-11H2,1-3H3/t12?,14?,17-,22?,23+,24-,26?,27?,28?,29+/m0/s1. The molecule has 6 unspecified atom stereocenters. The van der Waals surface area contributed by atoms with E-state index in [4.69, 9.17) is 37.9 Å². The highest BCUT2D eigenvalue weighted by atomic mass is 16.7. The van der Waals surface area contributed by atoms with Gasteiger partial charge in [-0.3, -0.25) is 4.79 Å². The highest BCUT2D eigenvalue weighted by Gasteiger charge is 2.55. The fourth-order valence-electron chi connectivity index (χ4n) is 7.24. The van der Waals surface area contributed by atoms with Gasteiger partial charge in [0.15, 0.2) is 29.3 Å². The third kappa shape index (κ3) is 4.27. The minimum Gasteiger partial charge on any atom is -0.502 e. The predicted molar refractivity (Wildman–Crippen MR) is 142 cm³/mol. The lowest BCUT2D eigenvalue weighted by atomic mass is 9.66. The lowest BCUT2D eigenvalue weighted by molar-refractivity contribution is -0.289. The Balaban J connectivity index is 1.32. The summed E-state index contributed by atoms with van der Waals surface area (Å²) in [6.45, 7) is 2.29. The summed E-state index contributed by atoms with van der Waals surface area (Å²) < 4.78 is 46.1. The van der Waals surface area contributed by atoms with Gasteiger partial charge in [0.2, 0.25) is 12.5 Å². The zero-order chi connectivity index (χ0) is 29.3. The molecule has 12 heteroatoms. The summed E-state index contributed by atoms with van der Waals surface area (Å²) in [5.74, 6) is -0.854. The average Bonchev–Trinajstić information content (AvgIpc) is 3.61. The van der Waals surface area contributed by atoms with Crippen LogP contribution in [0.2, 0.25) is 0 Å². The molecule has 0 spiro atoms. The summed E-state index contributed by atoms with van der Waals surface area (Å²) in [5.41, 5.74) is 2.18. The number of benzene rings is 2. The maximum absolute atomic E-state index is 13.4. The van der Waals surface area contributed by atoms with Gasteiger partial charge in [-0.1, -0.05) is 0 Å². The maximum atomic E-state index is 13.4. The number of rotatable bonds is 5. The summed E-state index contributed by atoms with van der Waals surface area (Å²) in [7, 11) is 2.89. The van der Waals surface area contributed by atoms with Crippen LogP contribution in [0.1, 0.15) is 42.1 Å². The van der Waals surface area contributed by atoms with E-state index in [0.717, 1.165) is 11.1 Å². The number of phenolic OH excluding ortho intramolecular Hbond substituents is 1. The van der Waals surface area contributed by atoms with Gasteiger partial charge in [0, 0.05) is 17.8 Å². The van der Waals surface area contributed by atoms with Crippen LogP contribution in [-0.2, 0) is 23.7 Å². The summed E-state index contributed by atoms with van der Waals surface area (Å²) in [5, 5.41) is 32.7. The molecule has 2 aliphatic carbocycles. The number of hydrogen-bond donors (Lipinski definition) is 3. The molecule has 42 heavy (non-hydrogen) atoms. The Kier molecular flexibility index (Phi) is 6.86. The molecular formula is C30H34O12. The Labute approximate surface area is 241 Å². The fraction of sp³-hybridized carbons (Fsp3) is 0.567. The highest BCUT2D eigenvalue weighted by Crippen LogP contribution is 2.57. The molecule has 0 amide bonds. The van der Waals surface area contributed by atoms with Crippen LogP contribution in [0.3, 0.4) is 0 Å². The van der Waals surface area contributed by atoms with E-state index in [0.29, 0.717) is 30.1 Å². The molecule has 2 saturated heterocycles. The van der Waals surface area contributed by atoms with Crippen molar-refractivity contribution in [2.75, 3.05) is 34.2 Å². The number of aliphatic hydroxyl groups excluding tert-OH is 2. The number of aromatic hydroxyl groups is 1. The number of hydrogen-bond acceptors (Lipinski definition) is 12. The van der Waals surface area contributed by atoms with Crippen LogP contribution in [0.25, 0.3) is 0 Å². The molecule has 1 saturated carbocycles. The number of phenols is 1. The Hall–Kier alpha value is -3.29. The second kappa shape index (κ2) is 10.5. The zero-order valence-electron chi connectivity index (χ0n) is 23.4. The van der Waals surface area contributed by atoms with Crippen molar-refractivity contribution in [3.8, 4) is 28.7 Å². The third-order valence-corrected chi connectivity index (χ3v) is 9.26. The number of cyclic esters (lactones) is 1. The molecule has 3 N–H and O–H groups in total. The summed E-state index contributed by atoms with van der Waals surface area (Å²) >= 11 is 0. The molecule has 3 aliphatic heterocycles. The topological polar surface area (TPSA) is 152 Å². The summed E-state index contributed by atoms with van der Waals surface area (Å²) in [4.78, 5) is 13.4. The van der Waals surface area contributed by atoms with Gasteiger partial charge in [0.25, 0.3) is 0 Å². The van der Waals surface area contributed by atoms with E-state index < -0.39 is 54.6 Å². The minimum atomic E-state index is -1.21. The first kappa shape index (κ1) is 27.5. The van der Waals surface area contributed by atoms with Crippen molar-refractivity contribution in [1.29, 1.82) is 0 Å². The first-order chi connectivity index (χ1) is 20.3. The van der Waals surface area contributed by atoms with Crippen molar-refractivity contribution in [3.63, 3.8) is 0 Å². The fourth-order valence-corrected chi connectivity index (χ4v) is 7.24. The molecule has 5 aliphatic rings. The molecule has 3 heterocycles. The van der Waals surface area contributed by atoms with E-state index in [1.807, 2.05) is 12.1 Å². The largest absolute Gasteiger partial charge is 0.502 e. The first-order valence-corrected chi connectivity index (χ1v) is 14.1. The maximum Gasteiger partial charge on any atom is 0.310 e. The number of methoxy groups -OCH3 is 2. The van der Waals surface area contributed by atoms with Gasteiger partial charge in [0.1, 0.15) is 12.2 Å². The number of esters is 1. The van der Waals surface area contributed by atoms with Crippen molar-refractivity contribution in [1.82, 2.24) is 0 Å². The number of aliphatic hydroxyl groups is 2. The molecule has 12 nitrogen and oxygen atoms in total. The van der Waals surface area contributed by atoms with Crippen LogP contribution in [0.5, 0.6) is 28.7 Å². The van der Waals surface area contributed by atoms with Crippen molar-refractivity contribution in [2.24, 2.45) is 17.8 Å². The van der Waals surface area contributed by atoms with E-state index >= 15 is 0 Å². The molecule has 2 aromatic rings. The molecule has 3 fully saturated rings. The third-order valence-electron chi connectivity index (χ3n) is 9.26. The van der Waals surface area contributed by atoms with E-state index in [-0.39, 0.29) is 42.5 Å². The highest BCUT2D eigenvalue weighted by molar-refractivity contribution is 5.79. The number of carbonyl (C=O) groups excluding carboxylic acids is 1. The van der Waals surface area contributed by atoms with Crippen molar-refractivity contribution < 1.29 is 58.0 Å². The van der Waals surface area contributed by atoms with Gasteiger partial charge < -0.3 is 53.2 Å². The minimum absolute atomic E-state index is 0.0548. The SMILES string of the molecule is COc1cc([C@@H]2c3cc4c(cc3[C@@H](OC3CC5COC(C)OC5C(O)C3O)[C@H]3COC(=O)[C@H]23)OCO4)cc(OC)c1O. The number of carbonyl (C=O) groups is 1. The van der Waals surface area contributed by atoms with Crippen molar-refractivity contribution >= 4 is 5.97 Å². The lowest BCUT2D eigenvalue weighted by Crippen LogP contribution is -2.59. The quantitative estimate of drug-likeness (QED) is 0.440. The summed E-state index contributed by atoms with van der Waals surface area (Å²) in [6, 6.07) is 7.07. The average molecular weight is 587 g/mol. The van der Waals surface area contributed by atoms with Crippen LogP contribution in [0.4, 0.5) is 0 Å². The van der Waals surface area contributed by atoms with Crippen molar-refractivity contribution in [2.45, 2.75) is 56.1 Å². The predicted octanol–water partition coefficient (Wildman–Crippen LogP) is 2.00. The second-order valence-corrected chi connectivity index (χ2v) is 11.5. The molecule has 0 bridgehead atoms. The second-order valence-electron chi connectivity index (χ2n) is 11.5. The molecule has 0 radical (unpaired) electrons. The lowest BCUT2D eigenvalue weighted by Gasteiger charge is -2.48. The van der Waals surface area contributed by atoms with Gasteiger partial charge in [-0.05, 0) is 54.3 Å². The zero-order valence-corrected chi connectivity index (χ0v) is 23.4. The van der Waals surface area contributed by atoms with E-state index in [1.54, 1.807) is 19.1 Å². The van der Waals surface area contributed by atoms with Gasteiger partial charge >= 0.3 is 5.97 Å². The van der Waals surface area contributed by atoms with E-state index in [1.165, 1.54) is 14.2 Å². The Morgan fingerprint density at radius 2 is 1.60 bits per heavy atom. The Morgan fingerprint density at radius 3 is 2.29 bits per heavy atom. The van der Waals surface area contributed by atoms with Gasteiger partial charge in [-0.15, -0.1) is 0 Å². The van der Waals surface area contributed by atoms with Crippen LogP contribution in [0.15, 0.2) is 24.3 Å². The monoisotopic (exact) mass is 586 g/mol. The van der Waals surface area contributed by atoms with E-state index in [2.05, 4.69) is 0 Å². The Bertz CT molecular complexity index is 1350. The smallest absolute Gasteiger partial charge is 0.310 e. The molecule has 7 rings (SSSR count). The van der Waals surface area contributed by atoms with Crippen molar-refractivity contribution in [3.05, 3.63) is 41.0 Å². The molecule has 10 atom stereocenters. The van der Waals surface area contributed by atoms with Crippen LogP contribution >= 0.6 is 0 Å². The van der Waals surface area contributed by atoms with Gasteiger partial charge in [-0.2, -0.15) is 0 Å². The molecular weight excluding hydrogens is 552 g/mol. The molecule has 226 valence electrons. The van der Waals surface area contributed by atoms with Crippen LogP contribution in [-0.4, -0.2) is 86.2 Å².